The maximum Gasteiger partial charge on any atom is 0.374 e. The molecule has 0 spiro atoms. The average molecular weight is 164 g/mol. The van der Waals surface area contributed by atoms with Crippen LogP contribution < -0.4 is 4.65 Å². The Morgan fingerprint density at radius 3 is 2.00 bits per heavy atom. The summed E-state index contributed by atoms with van der Waals surface area (Å²) in [5.41, 5.74) is 1.06. The summed E-state index contributed by atoms with van der Waals surface area (Å²) in [5.74, 6) is 0.734. The zero-order chi connectivity index (χ0) is 8.69. The number of benzene rings is 1. The average Bonchev–Trinajstić information content (AvgIpc) is 2.09. The summed E-state index contributed by atoms with van der Waals surface area (Å²) in [5, 5.41) is 0. The second-order valence-corrected chi connectivity index (χ2v) is 1.88. The van der Waals surface area contributed by atoms with Gasteiger partial charge in [0.05, 0.1) is 0 Å². The standard InChI is InChI=1S/C7H7BO.C2H6.CH4/c1-6-4-2-3-5-7(6)9-8;1-2;/h2-5H,1H3;1-2H3;1H4. The van der Waals surface area contributed by atoms with Gasteiger partial charge in [0.15, 0.2) is 0 Å². The van der Waals surface area contributed by atoms with Crippen molar-refractivity contribution in [2.24, 2.45) is 0 Å². The molecular weight excluding hydrogens is 147 g/mol. The zero-order valence-corrected chi connectivity index (χ0v) is 7.29. The molecule has 0 unspecified atom stereocenters. The molecule has 1 rings (SSSR count). The Morgan fingerprint density at radius 1 is 1.17 bits per heavy atom. The quantitative estimate of drug-likeness (QED) is 0.579. The van der Waals surface area contributed by atoms with Crippen LogP contribution in [0, 0.1) is 6.92 Å². The number of hydrogen-bond acceptors (Lipinski definition) is 1. The van der Waals surface area contributed by atoms with Crippen molar-refractivity contribution in [1.29, 1.82) is 0 Å². The van der Waals surface area contributed by atoms with Crippen LogP contribution in [0.4, 0.5) is 0 Å². The van der Waals surface area contributed by atoms with Crippen molar-refractivity contribution in [1.82, 2.24) is 0 Å². The summed E-state index contributed by atoms with van der Waals surface area (Å²) in [6, 6.07) is 7.60. The third-order valence-corrected chi connectivity index (χ3v) is 1.22. The van der Waals surface area contributed by atoms with E-state index in [-0.39, 0.29) is 7.43 Å². The van der Waals surface area contributed by atoms with E-state index in [9.17, 15) is 0 Å². The van der Waals surface area contributed by atoms with Crippen LogP contribution >= 0.6 is 0 Å². The fraction of sp³-hybridized carbons (Fsp3) is 0.400. The molecule has 0 heterocycles. The van der Waals surface area contributed by atoms with Crippen molar-refractivity contribution in [3.05, 3.63) is 29.8 Å². The van der Waals surface area contributed by atoms with Crippen LogP contribution in [0.5, 0.6) is 5.75 Å². The number of aryl methyl sites for hydroxylation is 1. The second-order valence-electron chi connectivity index (χ2n) is 1.88. The van der Waals surface area contributed by atoms with Crippen molar-refractivity contribution in [2.75, 3.05) is 0 Å². The van der Waals surface area contributed by atoms with E-state index in [4.69, 9.17) is 8.05 Å². The molecule has 66 valence electrons. The van der Waals surface area contributed by atoms with Gasteiger partial charge < -0.3 is 4.65 Å². The lowest BCUT2D eigenvalue weighted by Crippen LogP contribution is -1.86. The molecule has 1 aromatic rings. The lowest BCUT2D eigenvalue weighted by atomic mass is 10.2. The van der Waals surface area contributed by atoms with Crippen LogP contribution in [0.15, 0.2) is 24.3 Å². The minimum absolute atomic E-state index is 0. The van der Waals surface area contributed by atoms with Gasteiger partial charge in [0.25, 0.3) is 0 Å². The third-order valence-electron chi connectivity index (χ3n) is 1.22. The molecule has 1 nitrogen and oxygen atoms in total. The molecule has 0 saturated heterocycles. The highest BCUT2D eigenvalue weighted by molar-refractivity contribution is 6.00. The lowest BCUT2D eigenvalue weighted by Gasteiger charge is -2.01. The first-order valence-corrected chi connectivity index (χ1v) is 3.77. The Bertz CT molecular complexity index is 199. The minimum Gasteiger partial charge on any atom is -0.568 e. The van der Waals surface area contributed by atoms with E-state index in [1.807, 2.05) is 45.0 Å². The van der Waals surface area contributed by atoms with Crippen molar-refractivity contribution >= 4 is 8.05 Å². The van der Waals surface area contributed by atoms with Crippen LogP contribution in [0.25, 0.3) is 0 Å². The fourth-order valence-electron chi connectivity index (χ4n) is 0.689. The van der Waals surface area contributed by atoms with E-state index in [0.29, 0.717) is 0 Å². The van der Waals surface area contributed by atoms with Gasteiger partial charge in [-0.2, -0.15) is 0 Å². The van der Waals surface area contributed by atoms with E-state index in [1.54, 1.807) is 0 Å². The van der Waals surface area contributed by atoms with Crippen molar-refractivity contribution in [3.8, 4) is 5.75 Å². The summed E-state index contributed by atoms with van der Waals surface area (Å²) in [4.78, 5) is 0. The summed E-state index contributed by atoms with van der Waals surface area (Å²) in [6.45, 7) is 5.95. The molecule has 2 heteroatoms. The van der Waals surface area contributed by atoms with Crippen LogP contribution in [-0.2, 0) is 0 Å². The first kappa shape index (κ1) is 13.7. The molecular formula is C10H17BO. The van der Waals surface area contributed by atoms with Crippen molar-refractivity contribution in [3.63, 3.8) is 0 Å². The Kier molecular flexibility index (Phi) is 9.32. The number of rotatable bonds is 1. The second kappa shape index (κ2) is 8.18. The van der Waals surface area contributed by atoms with E-state index in [2.05, 4.69) is 4.65 Å². The van der Waals surface area contributed by atoms with E-state index >= 15 is 0 Å². The molecule has 0 aliphatic heterocycles. The Balaban J connectivity index is 0. The smallest absolute Gasteiger partial charge is 0.374 e. The topological polar surface area (TPSA) is 9.23 Å². The van der Waals surface area contributed by atoms with E-state index in [0.717, 1.165) is 11.3 Å². The fourth-order valence-corrected chi connectivity index (χ4v) is 0.689. The summed E-state index contributed by atoms with van der Waals surface area (Å²) < 4.78 is 4.54. The molecule has 0 aliphatic carbocycles. The van der Waals surface area contributed by atoms with E-state index in [1.165, 1.54) is 0 Å². The maximum atomic E-state index is 4.95. The zero-order valence-electron chi connectivity index (χ0n) is 7.29. The van der Waals surface area contributed by atoms with Crippen LogP contribution in [0.2, 0.25) is 0 Å². The van der Waals surface area contributed by atoms with Gasteiger partial charge in [0, 0.05) is 0 Å². The van der Waals surface area contributed by atoms with E-state index < -0.39 is 0 Å². The number of hydrogen-bond donors (Lipinski definition) is 0. The molecule has 0 amide bonds. The molecule has 1 aromatic carbocycles. The SMILES string of the molecule is C.CC.[B]Oc1ccccc1C. The first-order chi connectivity index (χ1) is 5.34. The Labute approximate surface area is 77.2 Å². The predicted molar refractivity (Wildman–Crippen MR) is 55.6 cm³/mol. The highest BCUT2D eigenvalue weighted by Crippen LogP contribution is 2.14. The van der Waals surface area contributed by atoms with Gasteiger partial charge >= 0.3 is 8.05 Å². The van der Waals surface area contributed by atoms with Crippen molar-refractivity contribution in [2.45, 2.75) is 28.2 Å². The highest BCUT2D eigenvalue weighted by Gasteiger charge is 1.90. The molecule has 0 aliphatic rings. The van der Waals surface area contributed by atoms with Crippen LogP contribution in [-0.4, -0.2) is 8.05 Å². The van der Waals surface area contributed by atoms with Gasteiger partial charge in [-0.1, -0.05) is 39.5 Å². The van der Waals surface area contributed by atoms with Gasteiger partial charge in [-0.05, 0) is 18.6 Å². The molecule has 0 atom stereocenters. The molecule has 0 bridgehead atoms. The summed E-state index contributed by atoms with van der Waals surface area (Å²) in [7, 11) is 4.95. The largest absolute Gasteiger partial charge is 0.568 e. The summed E-state index contributed by atoms with van der Waals surface area (Å²) in [6.07, 6.45) is 0. The summed E-state index contributed by atoms with van der Waals surface area (Å²) >= 11 is 0. The third kappa shape index (κ3) is 4.07. The maximum absolute atomic E-state index is 4.95. The van der Waals surface area contributed by atoms with Crippen molar-refractivity contribution < 1.29 is 4.65 Å². The van der Waals surface area contributed by atoms with Gasteiger partial charge in [-0.25, -0.2) is 0 Å². The molecule has 0 fully saturated rings. The minimum atomic E-state index is 0. The first-order valence-electron chi connectivity index (χ1n) is 3.77. The van der Waals surface area contributed by atoms with Gasteiger partial charge in [0.2, 0.25) is 0 Å². The van der Waals surface area contributed by atoms with Gasteiger partial charge in [0.1, 0.15) is 5.75 Å². The Morgan fingerprint density at radius 2 is 1.67 bits per heavy atom. The molecule has 12 heavy (non-hydrogen) atoms. The van der Waals surface area contributed by atoms with Gasteiger partial charge in [-0.15, -0.1) is 0 Å². The predicted octanol–water partition coefficient (Wildman–Crippen LogP) is 3.12. The molecule has 0 saturated carbocycles. The number of para-hydroxylation sites is 1. The van der Waals surface area contributed by atoms with Crippen LogP contribution in [0.1, 0.15) is 26.8 Å². The molecule has 2 radical (unpaired) electrons. The normalized spacial score (nSPS) is 7.25. The molecule has 0 N–H and O–H groups in total. The molecule has 0 aromatic heterocycles. The monoisotopic (exact) mass is 164 g/mol. The lowest BCUT2D eigenvalue weighted by molar-refractivity contribution is 0.610. The van der Waals surface area contributed by atoms with Gasteiger partial charge in [-0.3, -0.25) is 0 Å². The van der Waals surface area contributed by atoms with Crippen LogP contribution in [0.3, 0.4) is 0 Å². The Hall–Kier alpha value is -0.915. The highest BCUT2D eigenvalue weighted by atomic mass is 16.4.